The molecule has 0 aromatic rings. The Hall–Kier alpha value is 1.56. The summed E-state index contributed by atoms with van der Waals surface area (Å²) < 4.78 is 0. The van der Waals surface area contributed by atoms with E-state index in [1.807, 2.05) is 0 Å². The maximum atomic E-state index is 8.33. The molecule has 0 atom stereocenters. The van der Waals surface area contributed by atoms with Crippen LogP contribution in [0.25, 0.3) is 0 Å². The van der Waals surface area contributed by atoms with Crippen LogP contribution >= 0.6 is 0 Å². The third kappa shape index (κ3) is 12.7. The molecule has 0 aliphatic rings. The molecule has 0 unspecified atom stereocenters. The molecule has 9 heavy (non-hydrogen) atoms. The molecule has 0 aromatic heterocycles. The van der Waals surface area contributed by atoms with Gasteiger partial charge in [-0.3, -0.25) is 0 Å². The van der Waals surface area contributed by atoms with Crippen LogP contribution < -0.4 is 51.4 Å². The van der Waals surface area contributed by atoms with Crippen molar-refractivity contribution < 1.29 is 63.0 Å². The van der Waals surface area contributed by atoms with Gasteiger partial charge in [0.25, 0.3) is 0 Å². The SMILES string of the molecule is CCCCCC(O)O.[H-].[K+]. The van der Waals surface area contributed by atoms with Gasteiger partial charge in [-0.15, -0.1) is 0 Å². The summed E-state index contributed by atoms with van der Waals surface area (Å²) in [7, 11) is 0. The largest absolute Gasteiger partial charge is 1.00 e. The number of rotatable bonds is 4. The normalized spacial score (nSPS) is 9.33. The van der Waals surface area contributed by atoms with Crippen molar-refractivity contribution in [1.29, 1.82) is 0 Å². The Morgan fingerprint density at radius 3 is 2.22 bits per heavy atom. The van der Waals surface area contributed by atoms with Gasteiger partial charge in [0, 0.05) is 0 Å². The van der Waals surface area contributed by atoms with E-state index in [1.54, 1.807) is 0 Å². The van der Waals surface area contributed by atoms with Crippen LogP contribution in [0, 0.1) is 0 Å². The smallest absolute Gasteiger partial charge is 1.00 e. The van der Waals surface area contributed by atoms with E-state index in [0.29, 0.717) is 6.42 Å². The van der Waals surface area contributed by atoms with Gasteiger partial charge in [-0.2, -0.15) is 0 Å². The average Bonchev–Trinajstić information content (AvgIpc) is 1.66. The summed E-state index contributed by atoms with van der Waals surface area (Å²) in [5.74, 6) is 0. The summed E-state index contributed by atoms with van der Waals surface area (Å²) in [6.45, 7) is 2.09. The molecule has 0 amide bonds. The zero-order valence-corrected chi connectivity index (χ0v) is 9.42. The van der Waals surface area contributed by atoms with Gasteiger partial charge in [-0.25, -0.2) is 0 Å². The van der Waals surface area contributed by atoms with Crippen molar-refractivity contribution in [3.8, 4) is 0 Å². The van der Waals surface area contributed by atoms with Crippen molar-refractivity contribution in [2.75, 3.05) is 0 Å². The maximum Gasteiger partial charge on any atom is 1.00 e. The summed E-state index contributed by atoms with van der Waals surface area (Å²) in [6, 6.07) is 0. The minimum Gasteiger partial charge on any atom is -1.00 e. The van der Waals surface area contributed by atoms with Crippen LogP contribution in [0.4, 0.5) is 0 Å². The molecule has 0 saturated carbocycles. The molecule has 0 saturated heterocycles. The molecule has 52 valence electrons. The predicted octanol–water partition coefficient (Wildman–Crippen LogP) is -2.01. The van der Waals surface area contributed by atoms with Gasteiger partial charge in [-0.05, 0) is 12.8 Å². The van der Waals surface area contributed by atoms with E-state index in [4.69, 9.17) is 10.2 Å². The van der Waals surface area contributed by atoms with E-state index in [1.165, 1.54) is 0 Å². The van der Waals surface area contributed by atoms with Crippen molar-refractivity contribution in [2.45, 2.75) is 38.9 Å². The number of unbranched alkanes of at least 4 members (excludes halogenated alkanes) is 2. The van der Waals surface area contributed by atoms with Gasteiger partial charge in [-0.1, -0.05) is 19.8 Å². The van der Waals surface area contributed by atoms with Gasteiger partial charge in [0.15, 0.2) is 6.29 Å². The Balaban J connectivity index is -0.000000245. The Bertz CT molecular complexity index is 53.0. The summed E-state index contributed by atoms with van der Waals surface area (Å²) in [6.07, 6.45) is 2.58. The second kappa shape index (κ2) is 9.56. The first-order chi connectivity index (χ1) is 3.77. The second-order valence-electron chi connectivity index (χ2n) is 1.98. The van der Waals surface area contributed by atoms with Crippen molar-refractivity contribution >= 4 is 0 Å². The first kappa shape index (κ1) is 13.2. The molecule has 0 spiro atoms. The summed E-state index contributed by atoms with van der Waals surface area (Å²) in [5.41, 5.74) is 0. The first-order valence-corrected chi connectivity index (χ1v) is 3.13. The van der Waals surface area contributed by atoms with Crippen LogP contribution in [-0.4, -0.2) is 16.5 Å². The molecule has 3 heteroatoms. The summed E-state index contributed by atoms with van der Waals surface area (Å²) >= 11 is 0. The second-order valence-corrected chi connectivity index (χ2v) is 1.98. The first-order valence-electron chi connectivity index (χ1n) is 3.13. The van der Waals surface area contributed by atoms with Crippen LogP contribution in [0.15, 0.2) is 0 Å². The van der Waals surface area contributed by atoms with Crippen molar-refractivity contribution in [2.24, 2.45) is 0 Å². The van der Waals surface area contributed by atoms with Crippen LogP contribution in [0.1, 0.15) is 34.0 Å². The molecular formula is C6H15KO2. The minimum atomic E-state index is -1.10. The number of aliphatic hydroxyl groups excluding tert-OH is 1. The molecule has 0 rings (SSSR count). The topological polar surface area (TPSA) is 40.5 Å². The van der Waals surface area contributed by atoms with Crippen molar-refractivity contribution in [3.05, 3.63) is 0 Å². The van der Waals surface area contributed by atoms with Gasteiger partial charge in [0.1, 0.15) is 0 Å². The zero-order chi connectivity index (χ0) is 6.41. The van der Waals surface area contributed by atoms with Crippen molar-refractivity contribution in [1.82, 2.24) is 0 Å². The van der Waals surface area contributed by atoms with E-state index < -0.39 is 6.29 Å². The van der Waals surface area contributed by atoms with Crippen LogP contribution in [-0.2, 0) is 0 Å². The van der Waals surface area contributed by atoms with Gasteiger partial charge in [0.2, 0.25) is 0 Å². The van der Waals surface area contributed by atoms with E-state index in [9.17, 15) is 0 Å². The molecule has 0 aromatic carbocycles. The standard InChI is InChI=1S/C6H14O2.K.H/c1-2-3-4-5-6(7)8;;/h6-8H,2-5H2,1H3;;/q;+1;-1. The monoisotopic (exact) mass is 158 g/mol. The zero-order valence-electron chi connectivity index (χ0n) is 7.30. The molecule has 0 aliphatic carbocycles. The summed E-state index contributed by atoms with van der Waals surface area (Å²) in [5, 5.41) is 16.7. The number of aliphatic hydroxyl groups is 2. The summed E-state index contributed by atoms with van der Waals surface area (Å²) in [4.78, 5) is 0. The van der Waals surface area contributed by atoms with Crippen LogP contribution in [0.3, 0.4) is 0 Å². The molecule has 2 nitrogen and oxygen atoms in total. The Morgan fingerprint density at radius 1 is 1.33 bits per heavy atom. The van der Waals surface area contributed by atoms with E-state index in [0.717, 1.165) is 19.3 Å². The minimum absolute atomic E-state index is 0. The maximum absolute atomic E-state index is 8.33. The van der Waals surface area contributed by atoms with E-state index in [-0.39, 0.29) is 52.8 Å². The van der Waals surface area contributed by atoms with Gasteiger partial charge < -0.3 is 11.6 Å². The average molecular weight is 158 g/mol. The van der Waals surface area contributed by atoms with E-state index >= 15 is 0 Å². The molecule has 0 aliphatic heterocycles. The van der Waals surface area contributed by atoms with Gasteiger partial charge in [0.05, 0.1) is 0 Å². The fourth-order valence-electron chi connectivity index (χ4n) is 0.577. The van der Waals surface area contributed by atoms with Crippen molar-refractivity contribution in [3.63, 3.8) is 0 Å². The molecule has 0 fully saturated rings. The van der Waals surface area contributed by atoms with Crippen LogP contribution in [0.2, 0.25) is 0 Å². The molecule has 0 heterocycles. The number of hydrogen-bond donors (Lipinski definition) is 2. The molecular weight excluding hydrogens is 143 g/mol. The fourth-order valence-corrected chi connectivity index (χ4v) is 0.577. The van der Waals surface area contributed by atoms with Crippen LogP contribution in [0.5, 0.6) is 0 Å². The Kier molecular flexibility index (Phi) is 14.0. The Morgan fingerprint density at radius 2 is 1.89 bits per heavy atom. The predicted molar refractivity (Wildman–Crippen MR) is 33.5 cm³/mol. The number of hydrogen-bond acceptors (Lipinski definition) is 2. The van der Waals surface area contributed by atoms with E-state index in [2.05, 4.69) is 6.92 Å². The fraction of sp³-hybridized carbons (Fsp3) is 1.00. The third-order valence-electron chi connectivity index (χ3n) is 1.07. The van der Waals surface area contributed by atoms with Gasteiger partial charge >= 0.3 is 51.4 Å². The quantitative estimate of drug-likeness (QED) is 0.282. The molecule has 0 radical (unpaired) electrons. The molecule has 2 N–H and O–H groups in total. The molecule has 0 bridgehead atoms. The Labute approximate surface area is 101 Å². The third-order valence-corrected chi connectivity index (χ3v) is 1.07.